The average Bonchev–Trinajstić information content (AvgIpc) is 2.04. The first kappa shape index (κ1) is 13.5. The molecule has 0 saturated heterocycles. The van der Waals surface area contributed by atoms with Crippen molar-refractivity contribution >= 4 is 30.1 Å². The first-order chi connectivity index (χ1) is 7.09. The number of halogens is 2. The van der Waals surface area contributed by atoms with Gasteiger partial charge in [-0.1, -0.05) is 11.6 Å². The lowest BCUT2D eigenvalue weighted by atomic mass is 10.3. The van der Waals surface area contributed by atoms with Gasteiger partial charge in [-0.15, -0.1) is 3.89 Å². The molecule has 7 heteroatoms. The molecule has 0 radical (unpaired) electrons. The van der Waals surface area contributed by atoms with Crippen molar-refractivity contribution in [2.45, 2.75) is 24.5 Å². The molecule has 0 fully saturated rings. The highest BCUT2D eigenvalue weighted by molar-refractivity contribution is 7.86. The third-order valence-electron chi connectivity index (χ3n) is 1.58. The van der Waals surface area contributed by atoms with E-state index in [0.29, 0.717) is 0 Å². The lowest BCUT2D eigenvalue weighted by molar-refractivity contribution is 0.521. The first-order valence-electron chi connectivity index (χ1n) is 4.53. The van der Waals surface area contributed by atoms with Crippen LogP contribution in [0.4, 0.5) is 3.89 Å². The molecule has 1 aromatic rings. The molecule has 90 valence electrons. The van der Waals surface area contributed by atoms with Gasteiger partial charge in [0.15, 0.2) is 0 Å². The zero-order valence-corrected chi connectivity index (χ0v) is 11.7. The maximum atomic E-state index is 13.0. The Bertz CT molecular complexity index is 496. The van der Waals surface area contributed by atoms with Gasteiger partial charge in [-0.2, -0.15) is 8.42 Å². The fraction of sp³-hybridized carbons (Fsp3) is 0.333. The van der Waals surface area contributed by atoms with Crippen molar-refractivity contribution in [1.29, 1.82) is 0 Å². The van der Waals surface area contributed by atoms with E-state index in [-0.39, 0.29) is 10.8 Å². The van der Waals surface area contributed by atoms with Crippen LogP contribution in [-0.2, 0) is 10.2 Å². The van der Waals surface area contributed by atoms with Crippen molar-refractivity contribution in [3.05, 3.63) is 23.2 Å². The lowest BCUT2D eigenvalue weighted by Crippen LogP contribution is -2.29. The summed E-state index contributed by atoms with van der Waals surface area (Å²) in [5, 5.41) is 0.152. The Morgan fingerprint density at radius 1 is 1.31 bits per heavy atom. The van der Waals surface area contributed by atoms with Gasteiger partial charge >= 0.3 is 10.2 Å². The van der Waals surface area contributed by atoms with E-state index in [1.807, 2.05) is 19.6 Å². The van der Waals surface area contributed by atoms with Crippen LogP contribution in [-0.4, -0.2) is 16.7 Å². The van der Waals surface area contributed by atoms with E-state index >= 15 is 0 Å². The normalized spacial score (nSPS) is 12.6. The molecule has 1 rings (SSSR count). The number of hydrogen-bond donors (Lipinski definition) is 0. The largest absolute Gasteiger partial charge is 0.543 e. The van der Waals surface area contributed by atoms with Crippen LogP contribution in [0.2, 0.25) is 24.7 Å². The second-order valence-electron chi connectivity index (χ2n) is 4.24. The summed E-state index contributed by atoms with van der Waals surface area (Å²) in [5.74, 6) is 0.0195. The van der Waals surface area contributed by atoms with Crippen molar-refractivity contribution in [3.63, 3.8) is 0 Å². The molecule has 0 saturated carbocycles. The van der Waals surface area contributed by atoms with Crippen LogP contribution >= 0.6 is 11.6 Å². The summed E-state index contributed by atoms with van der Waals surface area (Å²) in [6.07, 6.45) is 0. The summed E-state index contributed by atoms with van der Waals surface area (Å²) in [6.45, 7) is 5.61. The van der Waals surface area contributed by atoms with Crippen LogP contribution in [0, 0.1) is 0 Å². The molecule has 0 atom stereocenters. The monoisotopic (exact) mass is 282 g/mol. The molecule has 0 heterocycles. The Labute approximate surface area is 101 Å². The summed E-state index contributed by atoms with van der Waals surface area (Å²) in [4.78, 5) is -0.512. The second kappa shape index (κ2) is 4.35. The summed E-state index contributed by atoms with van der Waals surface area (Å²) in [5.41, 5.74) is 0. The van der Waals surface area contributed by atoms with Crippen LogP contribution in [0.3, 0.4) is 0 Å². The minimum absolute atomic E-state index is 0.0195. The van der Waals surface area contributed by atoms with Gasteiger partial charge in [0.1, 0.15) is 10.6 Å². The quantitative estimate of drug-likeness (QED) is 0.631. The molecular formula is C9H12ClFO3SSi. The summed E-state index contributed by atoms with van der Waals surface area (Å²) in [7, 11) is -6.82. The van der Waals surface area contributed by atoms with Crippen LogP contribution in [0.25, 0.3) is 0 Å². The fourth-order valence-corrected chi connectivity index (χ4v) is 2.85. The molecule has 0 aliphatic rings. The van der Waals surface area contributed by atoms with Gasteiger partial charge in [0.05, 0.1) is 0 Å². The molecule has 0 bridgehead atoms. The number of hydrogen-bond acceptors (Lipinski definition) is 3. The minimum atomic E-state index is -4.82. The zero-order chi connectivity index (χ0) is 12.6. The summed E-state index contributed by atoms with van der Waals surface area (Å²) >= 11 is 5.62. The van der Waals surface area contributed by atoms with Crippen LogP contribution in [0.1, 0.15) is 0 Å². The van der Waals surface area contributed by atoms with E-state index in [4.69, 9.17) is 16.0 Å². The third kappa shape index (κ3) is 3.77. The van der Waals surface area contributed by atoms with Crippen LogP contribution < -0.4 is 4.43 Å². The van der Waals surface area contributed by atoms with Crippen molar-refractivity contribution in [1.82, 2.24) is 0 Å². The molecule has 0 amide bonds. The van der Waals surface area contributed by atoms with Gasteiger partial charge in [-0.05, 0) is 37.8 Å². The highest BCUT2D eigenvalue weighted by Gasteiger charge is 2.24. The van der Waals surface area contributed by atoms with Crippen molar-refractivity contribution in [2.75, 3.05) is 0 Å². The predicted molar refractivity (Wildman–Crippen MR) is 63.7 cm³/mol. The van der Waals surface area contributed by atoms with Gasteiger partial charge in [0.2, 0.25) is 8.32 Å². The Hall–Kier alpha value is -0.593. The Balaban J connectivity index is 3.30. The average molecular weight is 283 g/mol. The highest BCUT2D eigenvalue weighted by Crippen LogP contribution is 2.30. The maximum absolute atomic E-state index is 13.0. The van der Waals surface area contributed by atoms with Crippen molar-refractivity contribution in [3.8, 4) is 5.75 Å². The van der Waals surface area contributed by atoms with E-state index < -0.39 is 23.4 Å². The second-order valence-corrected chi connectivity index (χ2v) is 10.4. The Morgan fingerprint density at radius 3 is 2.31 bits per heavy atom. The number of rotatable bonds is 3. The molecule has 0 aliphatic heterocycles. The summed E-state index contributed by atoms with van der Waals surface area (Å²) < 4.78 is 40.3. The van der Waals surface area contributed by atoms with Gasteiger partial charge in [0.25, 0.3) is 0 Å². The van der Waals surface area contributed by atoms with Crippen molar-refractivity contribution < 1.29 is 16.7 Å². The molecule has 0 N–H and O–H groups in total. The summed E-state index contributed by atoms with van der Waals surface area (Å²) in [6, 6.07) is 3.88. The van der Waals surface area contributed by atoms with E-state index in [0.717, 1.165) is 6.07 Å². The van der Waals surface area contributed by atoms with E-state index in [1.54, 1.807) is 0 Å². The Kier molecular flexibility index (Phi) is 3.66. The molecular weight excluding hydrogens is 271 g/mol. The van der Waals surface area contributed by atoms with Gasteiger partial charge < -0.3 is 4.43 Å². The topological polar surface area (TPSA) is 43.4 Å². The minimum Gasteiger partial charge on any atom is -0.543 e. The zero-order valence-electron chi connectivity index (χ0n) is 9.12. The molecule has 0 spiro atoms. The van der Waals surface area contributed by atoms with E-state index in [1.165, 1.54) is 12.1 Å². The predicted octanol–water partition coefficient (Wildman–Crippen LogP) is 3.21. The maximum Gasteiger partial charge on any atom is 0.335 e. The van der Waals surface area contributed by atoms with Crippen LogP contribution in [0.5, 0.6) is 5.75 Å². The fourth-order valence-electron chi connectivity index (χ4n) is 1.09. The van der Waals surface area contributed by atoms with Gasteiger partial charge in [-0.25, -0.2) is 0 Å². The Morgan fingerprint density at radius 2 is 1.88 bits per heavy atom. The number of benzene rings is 1. The standard InChI is InChI=1S/C9H12ClFO3SSi/c1-16(2,3)14-8-5-4-7(10)6-9(8)15(11,12)13/h4-6H,1-3H3. The molecule has 16 heavy (non-hydrogen) atoms. The third-order valence-corrected chi connectivity index (χ3v) is 3.50. The first-order valence-corrected chi connectivity index (χ1v) is 9.70. The van der Waals surface area contributed by atoms with E-state index in [9.17, 15) is 12.3 Å². The molecule has 3 nitrogen and oxygen atoms in total. The lowest BCUT2D eigenvalue weighted by Gasteiger charge is -2.20. The molecule has 0 unspecified atom stereocenters. The molecule has 0 aromatic heterocycles. The molecule has 0 aliphatic carbocycles. The van der Waals surface area contributed by atoms with Crippen molar-refractivity contribution in [2.24, 2.45) is 0 Å². The highest BCUT2D eigenvalue weighted by atomic mass is 35.5. The van der Waals surface area contributed by atoms with E-state index in [2.05, 4.69) is 0 Å². The van der Waals surface area contributed by atoms with Gasteiger partial charge in [-0.3, -0.25) is 0 Å². The smallest absolute Gasteiger partial charge is 0.335 e. The SMILES string of the molecule is C[Si](C)(C)Oc1ccc(Cl)cc1S(=O)(=O)F. The van der Waals surface area contributed by atoms with Crippen LogP contribution in [0.15, 0.2) is 23.1 Å². The van der Waals surface area contributed by atoms with Gasteiger partial charge in [0, 0.05) is 5.02 Å². The molecule has 1 aromatic carbocycles.